The number of aromatic nitrogens is 5. The highest BCUT2D eigenvalue weighted by Crippen LogP contribution is 2.21. The van der Waals surface area contributed by atoms with E-state index in [9.17, 15) is 15.0 Å². The highest BCUT2D eigenvalue weighted by Gasteiger charge is 2.39. The number of anilines is 1. The standard InChI is InChI=1S/C21H21N7O4/c22-19-16-20(25-9-24-19)28(10-26-16)7-15-18(30)17(29)14(8-32-15)27-21(31)12-3-4-13-11(6-12)2-1-5-23-13/h1-6,9-10,14-15,17-18,29-30H,7-8H2,(H,27,31)(H2,22,24,25)/t14-,15-,17+,18-/m1/s1. The van der Waals surface area contributed by atoms with Crippen LogP contribution in [0.5, 0.6) is 0 Å². The van der Waals surface area contributed by atoms with Crippen LogP contribution in [-0.4, -0.2) is 71.6 Å². The van der Waals surface area contributed by atoms with E-state index < -0.39 is 24.4 Å². The van der Waals surface area contributed by atoms with Gasteiger partial charge in [0.05, 0.1) is 31.0 Å². The Balaban J connectivity index is 1.27. The maximum absolute atomic E-state index is 12.7. The molecule has 11 nitrogen and oxygen atoms in total. The van der Waals surface area contributed by atoms with Gasteiger partial charge in [-0.25, -0.2) is 15.0 Å². The molecule has 1 amide bonds. The quantitative estimate of drug-likeness (QED) is 0.342. The average Bonchev–Trinajstić information content (AvgIpc) is 3.22. The molecule has 0 saturated carbocycles. The number of aliphatic hydroxyl groups is 2. The Hall–Kier alpha value is -3.67. The van der Waals surface area contributed by atoms with E-state index in [-0.39, 0.29) is 24.9 Å². The van der Waals surface area contributed by atoms with Gasteiger partial charge in [0.15, 0.2) is 11.5 Å². The van der Waals surface area contributed by atoms with Crippen LogP contribution in [0.2, 0.25) is 0 Å². The van der Waals surface area contributed by atoms with E-state index >= 15 is 0 Å². The summed E-state index contributed by atoms with van der Waals surface area (Å²) >= 11 is 0. The van der Waals surface area contributed by atoms with Crippen LogP contribution in [0.4, 0.5) is 5.82 Å². The van der Waals surface area contributed by atoms with Crippen molar-refractivity contribution < 1.29 is 19.7 Å². The van der Waals surface area contributed by atoms with Crippen LogP contribution in [-0.2, 0) is 11.3 Å². The Morgan fingerprint density at radius 2 is 2.06 bits per heavy atom. The van der Waals surface area contributed by atoms with Gasteiger partial charge < -0.3 is 30.6 Å². The maximum Gasteiger partial charge on any atom is 0.251 e. The van der Waals surface area contributed by atoms with Crippen molar-refractivity contribution in [2.45, 2.75) is 30.9 Å². The number of pyridine rings is 1. The number of rotatable bonds is 4. The molecule has 0 radical (unpaired) electrons. The fourth-order valence-corrected chi connectivity index (χ4v) is 3.86. The predicted molar refractivity (Wildman–Crippen MR) is 114 cm³/mol. The van der Waals surface area contributed by atoms with Crippen molar-refractivity contribution in [3.05, 3.63) is 54.7 Å². The second-order valence-corrected chi connectivity index (χ2v) is 7.67. The molecule has 164 valence electrons. The molecule has 0 aliphatic carbocycles. The number of nitrogen functional groups attached to an aromatic ring is 1. The first-order valence-electron chi connectivity index (χ1n) is 10.1. The summed E-state index contributed by atoms with van der Waals surface area (Å²) in [5.41, 5.74) is 7.97. The maximum atomic E-state index is 12.7. The van der Waals surface area contributed by atoms with Crippen molar-refractivity contribution in [3.63, 3.8) is 0 Å². The number of imidazole rings is 1. The van der Waals surface area contributed by atoms with Crippen LogP contribution >= 0.6 is 0 Å². The summed E-state index contributed by atoms with van der Waals surface area (Å²) in [5.74, 6) is -0.118. The number of hydrogen-bond acceptors (Lipinski definition) is 9. The Bertz CT molecular complexity index is 1290. The number of nitrogens with two attached hydrogens (primary N) is 1. The highest BCUT2D eigenvalue weighted by atomic mass is 16.5. The molecule has 32 heavy (non-hydrogen) atoms. The largest absolute Gasteiger partial charge is 0.388 e. The first-order chi connectivity index (χ1) is 15.5. The average molecular weight is 435 g/mol. The molecule has 1 aliphatic heterocycles. The van der Waals surface area contributed by atoms with Gasteiger partial charge in [-0.1, -0.05) is 6.07 Å². The first-order valence-corrected chi connectivity index (χ1v) is 10.1. The number of aliphatic hydroxyl groups excluding tert-OH is 2. The second-order valence-electron chi connectivity index (χ2n) is 7.67. The molecule has 1 fully saturated rings. The lowest BCUT2D eigenvalue weighted by Crippen LogP contribution is -2.59. The van der Waals surface area contributed by atoms with Gasteiger partial charge in [-0.15, -0.1) is 0 Å². The van der Waals surface area contributed by atoms with Gasteiger partial charge in [0.25, 0.3) is 5.91 Å². The fourth-order valence-electron chi connectivity index (χ4n) is 3.86. The summed E-state index contributed by atoms with van der Waals surface area (Å²) in [6, 6.07) is 8.04. The molecule has 4 atom stereocenters. The van der Waals surface area contributed by atoms with E-state index in [1.165, 1.54) is 12.7 Å². The molecular formula is C21H21N7O4. The summed E-state index contributed by atoms with van der Waals surface area (Å²) < 4.78 is 7.45. The predicted octanol–water partition coefficient (Wildman–Crippen LogP) is -0.124. The number of carbonyl (C=O) groups excluding carboxylic acids is 1. The van der Waals surface area contributed by atoms with E-state index in [4.69, 9.17) is 10.5 Å². The summed E-state index contributed by atoms with van der Waals surface area (Å²) in [7, 11) is 0. The summed E-state index contributed by atoms with van der Waals surface area (Å²) in [6.07, 6.45) is 1.38. The monoisotopic (exact) mass is 435 g/mol. The van der Waals surface area contributed by atoms with Crippen LogP contribution in [0.1, 0.15) is 10.4 Å². The molecule has 1 aliphatic rings. The van der Waals surface area contributed by atoms with Crippen LogP contribution in [0.25, 0.3) is 22.1 Å². The number of carbonyl (C=O) groups is 1. The van der Waals surface area contributed by atoms with Gasteiger partial charge in [0.1, 0.15) is 30.2 Å². The SMILES string of the molecule is Nc1ncnc2c1ncn2C[C@H]1OC[C@@H](NC(=O)c2ccc3ncccc3c2)[C@H](O)[C@@H]1O. The molecule has 4 aromatic rings. The number of amides is 1. The molecule has 1 saturated heterocycles. The molecule has 0 unspecified atom stereocenters. The lowest BCUT2D eigenvalue weighted by molar-refractivity contribution is -0.152. The Morgan fingerprint density at radius 1 is 1.19 bits per heavy atom. The number of fused-ring (bicyclic) bond motifs is 2. The molecule has 5 rings (SSSR count). The molecule has 11 heteroatoms. The van der Waals surface area contributed by atoms with Gasteiger partial charge in [0.2, 0.25) is 0 Å². The molecule has 0 spiro atoms. The molecule has 5 N–H and O–H groups in total. The van der Waals surface area contributed by atoms with E-state index in [2.05, 4.69) is 25.3 Å². The van der Waals surface area contributed by atoms with Crippen molar-refractivity contribution >= 4 is 33.8 Å². The summed E-state index contributed by atoms with van der Waals surface area (Å²) in [6.45, 7) is 0.233. The minimum atomic E-state index is -1.23. The Morgan fingerprint density at radius 3 is 2.94 bits per heavy atom. The first kappa shape index (κ1) is 20.2. The minimum Gasteiger partial charge on any atom is -0.388 e. The second kappa shape index (κ2) is 8.11. The Labute approximate surface area is 181 Å². The molecule has 4 heterocycles. The van der Waals surface area contributed by atoms with Crippen LogP contribution in [0, 0.1) is 0 Å². The Kier molecular flexibility index (Phi) is 5.13. The lowest BCUT2D eigenvalue weighted by Gasteiger charge is -2.38. The van der Waals surface area contributed by atoms with Gasteiger partial charge in [-0.3, -0.25) is 9.78 Å². The lowest BCUT2D eigenvalue weighted by atomic mass is 9.97. The third-order valence-electron chi connectivity index (χ3n) is 5.62. The number of benzene rings is 1. The fraction of sp³-hybridized carbons (Fsp3) is 0.286. The molecule has 1 aromatic carbocycles. The van der Waals surface area contributed by atoms with Crippen molar-refractivity contribution in [1.82, 2.24) is 29.8 Å². The third kappa shape index (κ3) is 3.62. The zero-order valence-corrected chi connectivity index (χ0v) is 16.9. The zero-order chi connectivity index (χ0) is 22.2. The van der Waals surface area contributed by atoms with Gasteiger partial charge in [-0.2, -0.15) is 0 Å². The van der Waals surface area contributed by atoms with E-state index in [0.29, 0.717) is 16.7 Å². The minimum absolute atomic E-state index is 0.0352. The molecule has 3 aromatic heterocycles. The molecular weight excluding hydrogens is 414 g/mol. The summed E-state index contributed by atoms with van der Waals surface area (Å²) in [4.78, 5) is 29.2. The number of ether oxygens (including phenoxy) is 1. The van der Waals surface area contributed by atoms with Crippen LogP contribution < -0.4 is 11.1 Å². The zero-order valence-electron chi connectivity index (χ0n) is 16.9. The van der Waals surface area contributed by atoms with Crippen LogP contribution in [0.15, 0.2) is 49.2 Å². The topological polar surface area (TPSA) is 161 Å². The van der Waals surface area contributed by atoms with Crippen molar-refractivity contribution in [1.29, 1.82) is 0 Å². The van der Waals surface area contributed by atoms with Crippen molar-refractivity contribution in [3.8, 4) is 0 Å². The van der Waals surface area contributed by atoms with E-state index in [1.807, 2.05) is 6.07 Å². The molecule has 0 bridgehead atoms. The number of nitrogens with one attached hydrogen (secondary N) is 1. The van der Waals surface area contributed by atoms with Crippen LogP contribution in [0.3, 0.4) is 0 Å². The van der Waals surface area contributed by atoms with Gasteiger partial charge in [0, 0.05) is 17.1 Å². The smallest absolute Gasteiger partial charge is 0.251 e. The summed E-state index contributed by atoms with van der Waals surface area (Å²) in [5, 5.41) is 24.8. The number of nitrogens with zero attached hydrogens (tertiary/aromatic N) is 5. The normalized spacial score (nSPS) is 23.4. The van der Waals surface area contributed by atoms with Crippen molar-refractivity contribution in [2.24, 2.45) is 0 Å². The highest BCUT2D eigenvalue weighted by molar-refractivity contribution is 5.98. The van der Waals surface area contributed by atoms with Gasteiger partial charge in [-0.05, 0) is 24.3 Å². The van der Waals surface area contributed by atoms with E-state index in [1.54, 1.807) is 35.0 Å². The van der Waals surface area contributed by atoms with Gasteiger partial charge >= 0.3 is 0 Å². The van der Waals surface area contributed by atoms with E-state index in [0.717, 1.165) is 10.9 Å². The third-order valence-corrected chi connectivity index (χ3v) is 5.62. The number of hydrogen-bond donors (Lipinski definition) is 4. The van der Waals surface area contributed by atoms with Crippen molar-refractivity contribution in [2.75, 3.05) is 12.3 Å².